The third kappa shape index (κ3) is 2.80. The highest BCUT2D eigenvalue weighted by Gasteiger charge is 2.12. The van der Waals surface area contributed by atoms with Crippen LogP contribution in [0.25, 0.3) is 11.3 Å². The fraction of sp³-hybridized carbons (Fsp3) is 0.250. The summed E-state index contributed by atoms with van der Waals surface area (Å²) < 4.78 is 0. The Morgan fingerprint density at radius 3 is 2.82 bits per heavy atom. The molecule has 17 heavy (non-hydrogen) atoms. The molecule has 0 spiro atoms. The number of nitrogens with two attached hydrogens (primary N) is 1. The number of aromatic nitrogens is 1. The molecule has 2 aromatic rings. The van der Waals surface area contributed by atoms with Gasteiger partial charge in [-0.1, -0.05) is 30.1 Å². The van der Waals surface area contributed by atoms with Gasteiger partial charge in [0.25, 0.3) is 0 Å². The molecule has 1 heterocycles. The molecule has 0 bridgehead atoms. The second kappa shape index (κ2) is 5.36. The first kappa shape index (κ1) is 12.8. The van der Waals surface area contributed by atoms with E-state index in [1.54, 1.807) is 17.4 Å². The van der Waals surface area contributed by atoms with Gasteiger partial charge in [-0.3, -0.25) is 0 Å². The highest BCUT2D eigenvalue weighted by Crippen LogP contribution is 2.32. The molecule has 0 saturated heterocycles. The lowest BCUT2D eigenvalue weighted by atomic mass is 10.2. The smallest absolute Gasteiger partial charge is 0.110 e. The van der Waals surface area contributed by atoms with Gasteiger partial charge in [0.15, 0.2) is 0 Å². The van der Waals surface area contributed by atoms with Crippen molar-refractivity contribution in [3.8, 4) is 11.3 Å². The Bertz CT molecular complexity index is 525. The molecule has 0 radical (unpaired) electrons. The van der Waals surface area contributed by atoms with Crippen molar-refractivity contribution >= 4 is 34.5 Å². The molecule has 0 fully saturated rings. The predicted octanol–water partition coefficient (Wildman–Crippen LogP) is 4.53. The molecule has 2 nitrogen and oxygen atoms in total. The van der Waals surface area contributed by atoms with Gasteiger partial charge in [-0.2, -0.15) is 0 Å². The molecule has 1 aromatic carbocycles. The first-order valence-corrected chi connectivity index (χ1v) is 6.91. The molecule has 0 aliphatic heterocycles. The fourth-order valence-electron chi connectivity index (χ4n) is 1.45. The van der Waals surface area contributed by atoms with E-state index >= 15 is 0 Å². The third-order valence-corrected chi connectivity index (χ3v) is 4.01. The Kier molecular flexibility index (Phi) is 4.05. The van der Waals surface area contributed by atoms with Crippen LogP contribution in [0.15, 0.2) is 23.6 Å². The maximum Gasteiger partial charge on any atom is 0.110 e. The summed E-state index contributed by atoms with van der Waals surface area (Å²) in [6.07, 6.45) is 0.876. The van der Waals surface area contributed by atoms with Crippen molar-refractivity contribution < 1.29 is 0 Å². The standard InChI is InChI=1S/C12H12Cl2N2S/c1-2-10(15)12-16-11(6-17-12)8-4-3-7(13)5-9(8)14/h3-6,10H,2,15H2,1H3. The summed E-state index contributed by atoms with van der Waals surface area (Å²) in [7, 11) is 0. The fourth-order valence-corrected chi connectivity index (χ4v) is 2.86. The zero-order valence-electron chi connectivity index (χ0n) is 9.28. The lowest BCUT2D eigenvalue weighted by Crippen LogP contribution is -2.07. The van der Waals surface area contributed by atoms with Gasteiger partial charge in [-0.15, -0.1) is 11.3 Å². The summed E-state index contributed by atoms with van der Waals surface area (Å²) in [5, 5.41) is 4.15. The summed E-state index contributed by atoms with van der Waals surface area (Å²) in [6, 6.07) is 5.40. The third-order valence-electron chi connectivity index (χ3n) is 2.49. The SMILES string of the molecule is CCC(N)c1nc(-c2ccc(Cl)cc2Cl)cs1. The van der Waals surface area contributed by atoms with Gasteiger partial charge in [-0.05, 0) is 24.6 Å². The van der Waals surface area contributed by atoms with E-state index in [0.29, 0.717) is 10.0 Å². The number of halogens is 2. The number of rotatable bonds is 3. The van der Waals surface area contributed by atoms with Crippen LogP contribution in [0.5, 0.6) is 0 Å². The second-order valence-corrected chi connectivity index (χ2v) is 5.44. The van der Waals surface area contributed by atoms with E-state index < -0.39 is 0 Å². The molecule has 1 atom stereocenters. The minimum absolute atomic E-state index is 0.000161. The predicted molar refractivity (Wildman–Crippen MR) is 74.8 cm³/mol. The molecule has 1 aromatic heterocycles. The molecule has 0 saturated carbocycles. The van der Waals surface area contributed by atoms with E-state index in [0.717, 1.165) is 22.7 Å². The van der Waals surface area contributed by atoms with E-state index in [4.69, 9.17) is 28.9 Å². The van der Waals surface area contributed by atoms with Crippen LogP contribution in [-0.2, 0) is 0 Å². The van der Waals surface area contributed by atoms with Crippen LogP contribution in [0.3, 0.4) is 0 Å². The van der Waals surface area contributed by atoms with Crippen LogP contribution in [-0.4, -0.2) is 4.98 Å². The molecule has 0 aliphatic carbocycles. The van der Waals surface area contributed by atoms with Gasteiger partial charge in [0.1, 0.15) is 5.01 Å². The van der Waals surface area contributed by atoms with Crippen molar-refractivity contribution in [1.82, 2.24) is 4.98 Å². The molecular weight excluding hydrogens is 275 g/mol. The first-order valence-electron chi connectivity index (χ1n) is 5.28. The largest absolute Gasteiger partial charge is 0.322 e. The van der Waals surface area contributed by atoms with Crippen molar-refractivity contribution in [3.63, 3.8) is 0 Å². The highest BCUT2D eigenvalue weighted by molar-refractivity contribution is 7.10. The summed E-state index contributed by atoms with van der Waals surface area (Å²) in [5.74, 6) is 0. The molecule has 1 unspecified atom stereocenters. The van der Waals surface area contributed by atoms with Gasteiger partial charge < -0.3 is 5.73 Å². The Balaban J connectivity index is 2.37. The molecule has 2 N–H and O–H groups in total. The van der Waals surface area contributed by atoms with Crippen molar-refractivity contribution in [2.75, 3.05) is 0 Å². The van der Waals surface area contributed by atoms with Crippen LogP contribution in [0.2, 0.25) is 10.0 Å². The number of hydrogen-bond donors (Lipinski definition) is 1. The van der Waals surface area contributed by atoms with Crippen LogP contribution < -0.4 is 5.73 Å². The van der Waals surface area contributed by atoms with E-state index in [1.165, 1.54) is 0 Å². The molecule has 2 rings (SSSR count). The summed E-state index contributed by atoms with van der Waals surface area (Å²) in [6.45, 7) is 2.04. The molecule has 0 aliphatic rings. The molecule has 0 amide bonds. The lowest BCUT2D eigenvalue weighted by Gasteiger charge is -2.03. The van der Waals surface area contributed by atoms with E-state index in [1.807, 2.05) is 24.4 Å². The maximum absolute atomic E-state index is 6.14. The summed E-state index contributed by atoms with van der Waals surface area (Å²) >= 11 is 13.6. The van der Waals surface area contributed by atoms with Gasteiger partial charge in [-0.25, -0.2) is 4.98 Å². The zero-order valence-corrected chi connectivity index (χ0v) is 11.6. The number of thiazole rings is 1. The van der Waals surface area contributed by atoms with Crippen LogP contribution >= 0.6 is 34.5 Å². The average molecular weight is 287 g/mol. The normalized spacial score (nSPS) is 12.7. The first-order chi connectivity index (χ1) is 8.11. The van der Waals surface area contributed by atoms with E-state index in [-0.39, 0.29) is 6.04 Å². The summed E-state index contributed by atoms with van der Waals surface area (Å²) in [4.78, 5) is 4.51. The van der Waals surface area contributed by atoms with E-state index in [2.05, 4.69) is 4.98 Å². The van der Waals surface area contributed by atoms with Gasteiger partial charge in [0.05, 0.1) is 16.8 Å². The Hall–Kier alpha value is -0.610. The topological polar surface area (TPSA) is 38.9 Å². The minimum atomic E-state index is -0.000161. The van der Waals surface area contributed by atoms with Crippen molar-refractivity contribution in [1.29, 1.82) is 0 Å². The van der Waals surface area contributed by atoms with Gasteiger partial charge in [0.2, 0.25) is 0 Å². The van der Waals surface area contributed by atoms with Crippen LogP contribution in [0.1, 0.15) is 24.4 Å². The monoisotopic (exact) mass is 286 g/mol. The van der Waals surface area contributed by atoms with Crippen molar-refractivity contribution in [2.45, 2.75) is 19.4 Å². The molecular formula is C12H12Cl2N2S. The van der Waals surface area contributed by atoms with Gasteiger partial charge >= 0.3 is 0 Å². The van der Waals surface area contributed by atoms with Crippen molar-refractivity contribution in [2.24, 2.45) is 5.73 Å². The Morgan fingerprint density at radius 1 is 1.41 bits per heavy atom. The lowest BCUT2D eigenvalue weighted by molar-refractivity contribution is 0.693. The van der Waals surface area contributed by atoms with Crippen LogP contribution in [0, 0.1) is 0 Å². The minimum Gasteiger partial charge on any atom is -0.322 e. The highest BCUT2D eigenvalue weighted by atomic mass is 35.5. The van der Waals surface area contributed by atoms with Crippen LogP contribution in [0.4, 0.5) is 0 Å². The molecule has 90 valence electrons. The van der Waals surface area contributed by atoms with Gasteiger partial charge in [0, 0.05) is 16.0 Å². The number of nitrogens with zero attached hydrogens (tertiary/aromatic N) is 1. The average Bonchev–Trinajstić information content (AvgIpc) is 2.77. The van der Waals surface area contributed by atoms with E-state index in [9.17, 15) is 0 Å². The second-order valence-electron chi connectivity index (χ2n) is 3.71. The summed E-state index contributed by atoms with van der Waals surface area (Å²) in [5.41, 5.74) is 7.69. The quantitative estimate of drug-likeness (QED) is 0.901. The van der Waals surface area contributed by atoms with Crippen molar-refractivity contribution in [3.05, 3.63) is 38.6 Å². The maximum atomic E-state index is 6.14. The molecule has 5 heteroatoms. The Morgan fingerprint density at radius 2 is 2.18 bits per heavy atom. The number of hydrogen-bond acceptors (Lipinski definition) is 3. The zero-order chi connectivity index (χ0) is 12.4. The number of benzene rings is 1. The Labute approximate surface area is 114 Å².